The maximum absolute atomic E-state index is 10.5. The van der Waals surface area contributed by atoms with Crippen molar-refractivity contribution in [3.8, 4) is 0 Å². The minimum Gasteiger partial charge on any atom is -0.481 e. The third kappa shape index (κ3) is 1.73. The third-order valence-corrected chi connectivity index (χ3v) is 1.35. The second kappa shape index (κ2) is 3.72. The van der Waals surface area contributed by atoms with Crippen LogP contribution in [0, 0.1) is 0 Å². The zero-order valence-corrected chi connectivity index (χ0v) is 6.21. The molecule has 0 aliphatic heterocycles. The van der Waals surface area contributed by atoms with E-state index < -0.39 is 11.9 Å². The fourth-order valence-electron chi connectivity index (χ4n) is 0.734. The first-order chi connectivity index (χ1) is 5.75. The number of aliphatic carboxylic acids is 1. The number of nitrogens with zero attached hydrogens (tertiary/aromatic N) is 3. The Morgan fingerprint density at radius 2 is 2.42 bits per heavy atom. The minimum absolute atomic E-state index is 0.0268. The van der Waals surface area contributed by atoms with Gasteiger partial charge in [0.2, 0.25) is 0 Å². The molecule has 1 atom stereocenters. The van der Waals surface area contributed by atoms with E-state index in [1.54, 1.807) is 0 Å². The van der Waals surface area contributed by atoms with Crippen molar-refractivity contribution in [2.75, 3.05) is 6.54 Å². The van der Waals surface area contributed by atoms with Crippen molar-refractivity contribution in [1.29, 1.82) is 0 Å². The Morgan fingerprint density at radius 3 is 2.83 bits per heavy atom. The summed E-state index contributed by atoms with van der Waals surface area (Å²) >= 11 is 0. The second-order valence-corrected chi connectivity index (χ2v) is 2.13. The van der Waals surface area contributed by atoms with Crippen LogP contribution in [0.4, 0.5) is 0 Å². The van der Waals surface area contributed by atoms with Gasteiger partial charge in [-0.15, -0.1) is 5.10 Å². The highest BCUT2D eigenvalue weighted by Gasteiger charge is 2.20. The van der Waals surface area contributed by atoms with Gasteiger partial charge >= 0.3 is 5.97 Å². The van der Waals surface area contributed by atoms with Gasteiger partial charge in [-0.3, -0.25) is 4.79 Å². The van der Waals surface area contributed by atoms with E-state index in [4.69, 9.17) is 10.8 Å². The predicted octanol–water partition coefficient (Wildman–Crippen LogP) is -1.00. The number of carbonyl (C=O) groups is 1. The van der Waals surface area contributed by atoms with E-state index >= 15 is 0 Å². The van der Waals surface area contributed by atoms with E-state index in [-0.39, 0.29) is 12.4 Å². The van der Waals surface area contributed by atoms with Gasteiger partial charge in [-0.25, -0.2) is 4.98 Å². The molecular weight excluding hydrogens is 160 g/mol. The Balaban J connectivity index is 2.88. The maximum Gasteiger partial charge on any atom is 0.315 e. The summed E-state index contributed by atoms with van der Waals surface area (Å²) in [4.78, 5) is 14.3. The molecule has 6 heteroatoms. The molecule has 6 nitrogen and oxygen atoms in total. The topological polar surface area (TPSA) is 102 Å². The summed E-state index contributed by atoms with van der Waals surface area (Å²) in [5.41, 5.74) is 5.22. The molecule has 0 amide bonds. The van der Waals surface area contributed by atoms with Gasteiger partial charge in [-0.2, -0.15) is 5.10 Å². The first kappa shape index (κ1) is 8.54. The van der Waals surface area contributed by atoms with E-state index in [1.165, 1.54) is 12.4 Å². The van der Waals surface area contributed by atoms with Crippen LogP contribution in [-0.4, -0.2) is 32.8 Å². The van der Waals surface area contributed by atoms with Crippen LogP contribution in [0.15, 0.2) is 12.4 Å². The number of hydrogen-bond acceptors (Lipinski definition) is 5. The largest absolute Gasteiger partial charge is 0.481 e. The highest BCUT2D eigenvalue weighted by molar-refractivity contribution is 5.75. The van der Waals surface area contributed by atoms with Gasteiger partial charge in [0.1, 0.15) is 5.92 Å². The van der Waals surface area contributed by atoms with Gasteiger partial charge in [0.25, 0.3) is 0 Å². The molecule has 1 unspecified atom stereocenters. The van der Waals surface area contributed by atoms with Crippen LogP contribution in [0.25, 0.3) is 0 Å². The monoisotopic (exact) mass is 168 g/mol. The SMILES string of the molecule is NCC(C(=O)O)c1nccnn1. The first-order valence-corrected chi connectivity index (χ1v) is 3.32. The van der Waals surface area contributed by atoms with E-state index in [1.807, 2.05) is 0 Å². The summed E-state index contributed by atoms with van der Waals surface area (Å²) in [7, 11) is 0. The molecule has 0 bridgehead atoms. The molecule has 0 aliphatic rings. The van der Waals surface area contributed by atoms with Crippen LogP contribution in [0.1, 0.15) is 11.7 Å². The van der Waals surface area contributed by atoms with Crippen molar-refractivity contribution in [2.45, 2.75) is 5.92 Å². The average molecular weight is 168 g/mol. The Bertz CT molecular complexity index is 264. The molecule has 1 rings (SSSR count). The number of rotatable bonds is 3. The summed E-state index contributed by atoms with van der Waals surface area (Å²) in [6, 6.07) is 0. The molecule has 0 aliphatic carbocycles. The van der Waals surface area contributed by atoms with Crippen LogP contribution < -0.4 is 5.73 Å². The average Bonchev–Trinajstić information content (AvgIpc) is 2.07. The van der Waals surface area contributed by atoms with Crippen molar-refractivity contribution in [3.05, 3.63) is 18.2 Å². The predicted molar refractivity (Wildman–Crippen MR) is 39.3 cm³/mol. The Labute approximate surface area is 68.4 Å². The molecule has 1 aromatic rings. The highest BCUT2D eigenvalue weighted by Crippen LogP contribution is 2.06. The van der Waals surface area contributed by atoms with Gasteiger partial charge in [-0.1, -0.05) is 0 Å². The van der Waals surface area contributed by atoms with Crippen molar-refractivity contribution >= 4 is 5.97 Å². The number of carboxylic acids is 1. The minimum atomic E-state index is -1.04. The summed E-state index contributed by atoms with van der Waals surface area (Å²) in [6.45, 7) is -0.0268. The van der Waals surface area contributed by atoms with E-state index in [0.29, 0.717) is 0 Å². The van der Waals surface area contributed by atoms with Crippen molar-refractivity contribution in [1.82, 2.24) is 15.2 Å². The summed E-state index contributed by atoms with van der Waals surface area (Å²) < 4.78 is 0. The Morgan fingerprint density at radius 1 is 1.67 bits per heavy atom. The van der Waals surface area contributed by atoms with E-state index in [0.717, 1.165) is 0 Å². The molecule has 0 fully saturated rings. The van der Waals surface area contributed by atoms with Crippen molar-refractivity contribution in [3.63, 3.8) is 0 Å². The maximum atomic E-state index is 10.5. The lowest BCUT2D eigenvalue weighted by Gasteiger charge is -2.05. The lowest BCUT2D eigenvalue weighted by Crippen LogP contribution is -2.23. The molecule has 12 heavy (non-hydrogen) atoms. The zero-order valence-electron chi connectivity index (χ0n) is 6.21. The molecule has 64 valence electrons. The molecule has 1 heterocycles. The van der Waals surface area contributed by atoms with Crippen LogP contribution in [0.5, 0.6) is 0 Å². The van der Waals surface area contributed by atoms with Gasteiger partial charge < -0.3 is 10.8 Å². The quantitative estimate of drug-likeness (QED) is 0.600. The molecule has 1 aromatic heterocycles. The van der Waals surface area contributed by atoms with Crippen molar-refractivity contribution in [2.24, 2.45) is 5.73 Å². The summed E-state index contributed by atoms with van der Waals surface area (Å²) in [5, 5.41) is 15.7. The molecular formula is C6H8N4O2. The van der Waals surface area contributed by atoms with E-state index in [9.17, 15) is 4.79 Å². The van der Waals surface area contributed by atoms with Crippen LogP contribution in [-0.2, 0) is 4.79 Å². The normalized spacial score (nSPS) is 12.4. The van der Waals surface area contributed by atoms with Crippen LogP contribution >= 0.6 is 0 Å². The number of nitrogens with two attached hydrogens (primary N) is 1. The number of aromatic nitrogens is 3. The highest BCUT2D eigenvalue weighted by atomic mass is 16.4. The standard InChI is InChI=1S/C6H8N4O2/c7-3-4(6(11)12)5-8-1-2-9-10-5/h1-2,4H,3,7H2,(H,11,12). The Hall–Kier alpha value is -1.56. The van der Waals surface area contributed by atoms with Crippen molar-refractivity contribution < 1.29 is 9.90 Å². The fourth-order valence-corrected chi connectivity index (χ4v) is 0.734. The van der Waals surface area contributed by atoms with Crippen LogP contribution in [0.2, 0.25) is 0 Å². The summed E-state index contributed by atoms with van der Waals surface area (Å²) in [5.74, 6) is -1.75. The lowest BCUT2D eigenvalue weighted by molar-refractivity contribution is -0.138. The van der Waals surface area contributed by atoms with Gasteiger partial charge in [0.05, 0.1) is 6.20 Å². The smallest absolute Gasteiger partial charge is 0.315 e. The molecule has 0 saturated heterocycles. The number of hydrogen-bond donors (Lipinski definition) is 2. The number of carboxylic acid groups (broad SMARTS) is 1. The van der Waals surface area contributed by atoms with Gasteiger partial charge in [0.15, 0.2) is 5.82 Å². The summed E-state index contributed by atoms with van der Waals surface area (Å²) in [6.07, 6.45) is 2.76. The molecule has 3 N–H and O–H groups in total. The Kier molecular flexibility index (Phi) is 2.65. The van der Waals surface area contributed by atoms with Gasteiger partial charge in [-0.05, 0) is 0 Å². The lowest BCUT2D eigenvalue weighted by atomic mass is 10.1. The first-order valence-electron chi connectivity index (χ1n) is 3.32. The second-order valence-electron chi connectivity index (χ2n) is 2.13. The van der Waals surface area contributed by atoms with Crippen LogP contribution in [0.3, 0.4) is 0 Å². The molecule has 0 saturated carbocycles. The third-order valence-electron chi connectivity index (χ3n) is 1.35. The zero-order chi connectivity index (χ0) is 8.97. The molecule has 0 radical (unpaired) electrons. The molecule has 0 spiro atoms. The fraction of sp³-hybridized carbons (Fsp3) is 0.333. The molecule has 0 aromatic carbocycles. The van der Waals surface area contributed by atoms with Gasteiger partial charge in [0, 0.05) is 12.7 Å². The van der Waals surface area contributed by atoms with E-state index in [2.05, 4.69) is 15.2 Å².